The van der Waals surface area contributed by atoms with Gasteiger partial charge in [-0.1, -0.05) is 45.9 Å². The van der Waals surface area contributed by atoms with E-state index in [0.29, 0.717) is 12.0 Å². The summed E-state index contributed by atoms with van der Waals surface area (Å²) >= 11 is 0. The monoisotopic (exact) mass is 255 g/mol. The molecule has 0 aliphatic rings. The fourth-order valence-electron chi connectivity index (χ4n) is 1.33. The van der Waals surface area contributed by atoms with Gasteiger partial charge in [-0.3, -0.25) is 4.79 Å². The summed E-state index contributed by atoms with van der Waals surface area (Å²) in [6.07, 6.45) is 0.401. The summed E-state index contributed by atoms with van der Waals surface area (Å²) in [5, 5.41) is 2.86. The van der Waals surface area contributed by atoms with Crippen molar-refractivity contribution in [3.8, 4) is 0 Å². The van der Waals surface area contributed by atoms with Crippen molar-refractivity contribution in [3.63, 3.8) is 0 Å². The third-order valence-corrected chi connectivity index (χ3v) is 2.22. The Bertz CT molecular complexity index is 326. The summed E-state index contributed by atoms with van der Waals surface area (Å²) in [7, 11) is 1.70. The van der Waals surface area contributed by atoms with Gasteiger partial charge in [-0.05, 0) is 32.0 Å². The Balaban J connectivity index is 0. The van der Waals surface area contributed by atoms with Gasteiger partial charge in [0.25, 0.3) is 0 Å². The van der Waals surface area contributed by atoms with E-state index in [1.54, 1.807) is 25.2 Å². The molecular weight excluding hydrogens is 229 g/mol. The molecule has 1 aromatic rings. The molecule has 1 atom stereocenters. The van der Waals surface area contributed by atoms with Crippen LogP contribution < -0.4 is 5.32 Å². The predicted molar refractivity (Wildman–Crippen MR) is 76.3 cm³/mol. The fraction of sp³-hybridized carbons (Fsp3) is 0.533. The molecule has 0 spiro atoms. The van der Waals surface area contributed by atoms with E-state index in [2.05, 4.69) is 5.32 Å². The number of halogens is 1. The lowest BCUT2D eigenvalue weighted by molar-refractivity contribution is -0.118. The van der Waals surface area contributed by atoms with Crippen molar-refractivity contribution in [2.45, 2.75) is 47.1 Å². The third-order valence-electron chi connectivity index (χ3n) is 2.22. The van der Waals surface area contributed by atoms with Gasteiger partial charge in [0, 0.05) is 0 Å². The first kappa shape index (κ1) is 19.1. The largest absolute Gasteiger partial charge is 0.310 e. The first-order valence-electron chi connectivity index (χ1n) is 6.56. The topological polar surface area (TPSA) is 29.1 Å². The van der Waals surface area contributed by atoms with Gasteiger partial charge in [0.2, 0.25) is 0 Å². The summed E-state index contributed by atoms with van der Waals surface area (Å²) in [6, 6.07) is 6.21. The van der Waals surface area contributed by atoms with Gasteiger partial charge in [-0.2, -0.15) is 0 Å². The lowest BCUT2D eigenvalue weighted by Gasteiger charge is -2.12. The van der Waals surface area contributed by atoms with Crippen LogP contribution in [0.4, 0.5) is 4.39 Å². The SMILES string of the molecule is CC.CC.CNC(Cc1ccccc1F)C(C)=O. The first-order valence-corrected chi connectivity index (χ1v) is 6.56. The van der Waals surface area contributed by atoms with Gasteiger partial charge in [0.15, 0.2) is 0 Å². The van der Waals surface area contributed by atoms with Crippen LogP contribution in [0.25, 0.3) is 0 Å². The van der Waals surface area contributed by atoms with E-state index < -0.39 is 0 Å². The number of ketones is 1. The Morgan fingerprint density at radius 2 is 1.72 bits per heavy atom. The maximum absolute atomic E-state index is 13.2. The summed E-state index contributed by atoms with van der Waals surface area (Å²) in [5.41, 5.74) is 0.571. The molecule has 1 rings (SSSR count). The minimum atomic E-state index is -0.299. The number of rotatable bonds is 4. The van der Waals surface area contributed by atoms with Crippen LogP contribution in [0.3, 0.4) is 0 Å². The zero-order valence-corrected chi connectivity index (χ0v) is 12.4. The van der Waals surface area contributed by atoms with E-state index in [4.69, 9.17) is 0 Å². The maximum Gasteiger partial charge on any atom is 0.147 e. The number of Topliss-reactive ketones (excluding diaryl/α,β-unsaturated/α-hetero) is 1. The number of hydrogen-bond acceptors (Lipinski definition) is 2. The van der Waals surface area contributed by atoms with Crippen molar-refractivity contribution in [2.75, 3.05) is 7.05 Å². The molecule has 0 fully saturated rings. The minimum absolute atomic E-state index is 0.0238. The molecule has 0 bridgehead atoms. The van der Waals surface area contributed by atoms with Crippen LogP contribution in [-0.4, -0.2) is 18.9 Å². The van der Waals surface area contributed by atoms with E-state index in [-0.39, 0.29) is 17.6 Å². The second-order valence-electron chi connectivity index (χ2n) is 3.25. The fourth-order valence-corrected chi connectivity index (χ4v) is 1.33. The Morgan fingerprint density at radius 1 is 1.22 bits per heavy atom. The molecule has 0 aliphatic carbocycles. The Hall–Kier alpha value is -1.22. The van der Waals surface area contributed by atoms with Gasteiger partial charge in [-0.15, -0.1) is 0 Å². The molecule has 3 heteroatoms. The van der Waals surface area contributed by atoms with Crippen molar-refractivity contribution >= 4 is 5.78 Å². The Morgan fingerprint density at radius 3 is 2.11 bits per heavy atom. The molecule has 0 saturated carbocycles. The second-order valence-corrected chi connectivity index (χ2v) is 3.25. The van der Waals surface area contributed by atoms with Gasteiger partial charge in [-0.25, -0.2) is 4.39 Å². The summed E-state index contributed by atoms with van der Waals surface area (Å²) < 4.78 is 13.2. The minimum Gasteiger partial charge on any atom is -0.310 e. The molecule has 0 radical (unpaired) electrons. The molecule has 18 heavy (non-hydrogen) atoms. The number of benzene rings is 1. The average Bonchev–Trinajstić information content (AvgIpc) is 2.42. The molecule has 1 N–H and O–H groups in total. The van der Waals surface area contributed by atoms with Crippen molar-refractivity contribution < 1.29 is 9.18 Å². The van der Waals surface area contributed by atoms with E-state index in [0.717, 1.165) is 0 Å². The van der Waals surface area contributed by atoms with Crippen LogP contribution in [0.5, 0.6) is 0 Å². The third kappa shape index (κ3) is 7.17. The zero-order valence-electron chi connectivity index (χ0n) is 12.4. The summed E-state index contributed by atoms with van der Waals surface area (Å²) in [6.45, 7) is 9.50. The molecule has 0 heterocycles. The van der Waals surface area contributed by atoms with E-state index in [9.17, 15) is 9.18 Å². The van der Waals surface area contributed by atoms with Crippen LogP contribution in [0, 0.1) is 5.82 Å². The van der Waals surface area contributed by atoms with Gasteiger partial charge in [0.05, 0.1) is 6.04 Å². The first-order chi connectivity index (χ1) is 8.65. The van der Waals surface area contributed by atoms with Gasteiger partial charge in [0.1, 0.15) is 11.6 Å². The van der Waals surface area contributed by atoms with Crippen molar-refractivity contribution in [3.05, 3.63) is 35.6 Å². The second kappa shape index (κ2) is 12.2. The van der Waals surface area contributed by atoms with Crippen molar-refractivity contribution in [1.29, 1.82) is 0 Å². The van der Waals surface area contributed by atoms with Crippen LogP contribution >= 0.6 is 0 Å². The smallest absolute Gasteiger partial charge is 0.147 e. The molecule has 104 valence electrons. The summed E-state index contributed by atoms with van der Waals surface area (Å²) in [5.74, 6) is -0.232. The molecule has 0 amide bonds. The number of carbonyl (C=O) groups excluding carboxylic acids is 1. The van der Waals surface area contributed by atoms with E-state index in [1.807, 2.05) is 27.7 Å². The van der Waals surface area contributed by atoms with E-state index in [1.165, 1.54) is 13.0 Å². The zero-order chi connectivity index (χ0) is 14.6. The lowest BCUT2D eigenvalue weighted by atomic mass is 10.0. The normalized spacial score (nSPS) is 10.4. The van der Waals surface area contributed by atoms with E-state index >= 15 is 0 Å². The Kier molecular flexibility index (Phi) is 13.0. The number of carbonyl (C=O) groups is 1. The molecule has 0 saturated heterocycles. The van der Waals surface area contributed by atoms with Crippen LogP contribution in [-0.2, 0) is 11.2 Å². The summed E-state index contributed by atoms with van der Waals surface area (Å²) in [4.78, 5) is 11.1. The maximum atomic E-state index is 13.2. The van der Waals surface area contributed by atoms with Crippen molar-refractivity contribution in [2.24, 2.45) is 0 Å². The number of likely N-dealkylation sites (N-methyl/N-ethyl adjacent to an activating group) is 1. The quantitative estimate of drug-likeness (QED) is 0.890. The lowest BCUT2D eigenvalue weighted by Crippen LogP contribution is -2.34. The molecule has 1 aromatic carbocycles. The highest BCUT2D eigenvalue weighted by Gasteiger charge is 2.13. The van der Waals surface area contributed by atoms with Gasteiger partial charge < -0.3 is 5.32 Å². The standard InChI is InChI=1S/C11H14FNO.2C2H6/c1-8(14)11(13-2)7-9-5-3-4-6-10(9)12;2*1-2/h3-6,11,13H,7H2,1-2H3;2*1-2H3. The average molecular weight is 255 g/mol. The molecule has 1 unspecified atom stereocenters. The van der Waals surface area contributed by atoms with Crippen molar-refractivity contribution in [1.82, 2.24) is 5.32 Å². The highest BCUT2D eigenvalue weighted by molar-refractivity contribution is 5.81. The van der Waals surface area contributed by atoms with Gasteiger partial charge >= 0.3 is 0 Å². The highest BCUT2D eigenvalue weighted by Crippen LogP contribution is 2.09. The molecular formula is C15H26FNO. The predicted octanol–water partition coefficient (Wildman–Crippen LogP) is 3.60. The van der Waals surface area contributed by atoms with Crippen LogP contribution in [0.1, 0.15) is 40.2 Å². The number of hydrogen-bond donors (Lipinski definition) is 1. The molecule has 2 nitrogen and oxygen atoms in total. The van der Waals surface area contributed by atoms with Crippen LogP contribution in [0.2, 0.25) is 0 Å². The Labute approximate surface area is 111 Å². The number of nitrogens with one attached hydrogen (secondary N) is 1. The molecule has 0 aromatic heterocycles. The molecule has 0 aliphatic heterocycles. The van der Waals surface area contributed by atoms with Crippen LogP contribution in [0.15, 0.2) is 24.3 Å². The highest BCUT2D eigenvalue weighted by atomic mass is 19.1.